The lowest BCUT2D eigenvalue weighted by molar-refractivity contribution is 0.0601. The number of ether oxygens (including phenoxy) is 1. The first-order chi connectivity index (χ1) is 19.9. The zero-order valence-electron chi connectivity index (χ0n) is 23.2. The van der Waals surface area contributed by atoms with E-state index >= 15 is 0 Å². The normalized spacial score (nSPS) is 12.7. The third-order valence-electron chi connectivity index (χ3n) is 7.57. The largest absolute Gasteiger partial charge is 0.465 e. The molecule has 2 heterocycles. The highest BCUT2D eigenvalue weighted by Gasteiger charge is 2.36. The Labute approximate surface area is 238 Å². The van der Waals surface area contributed by atoms with Crippen LogP contribution in [0.4, 0.5) is 5.69 Å². The molecule has 0 bridgehead atoms. The van der Waals surface area contributed by atoms with Gasteiger partial charge in [-0.25, -0.2) is 14.7 Å². The van der Waals surface area contributed by atoms with Crippen LogP contribution in [0.25, 0.3) is 22.2 Å². The van der Waals surface area contributed by atoms with Crippen LogP contribution in [0.1, 0.15) is 61.4 Å². The van der Waals surface area contributed by atoms with Crippen LogP contribution in [0.2, 0.25) is 0 Å². The van der Waals surface area contributed by atoms with Crippen LogP contribution in [0.3, 0.4) is 0 Å². The molecule has 0 fully saturated rings. The van der Waals surface area contributed by atoms with Crippen molar-refractivity contribution in [2.24, 2.45) is 0 Å². The second kappa shape index (κ2) is 10.5. The van der Waals surface area contributed by atoms with E-state index in [2.05, 4.69) is 11.5 Å². The summed E-state index contributed by atoms with van der Waals surface area (Å²) in [5, 5.41) is 0. The summed E-state index contributed by atoms with van der Waals surface area (Å²) in [6.07, 6.45) is 1.72. The quantitative estimate of drug-likeness (QED) is 0.171. The van der Waals surface area contributed by atoms with Gasteiger partial charge in [0.25, 0.3) is 11.8 Å². The molecule has 1 aliphatic rings. The summed E-state index contributed by atoms with van der Waals surface area (Å²) < 4.78 is 7.13. The number of hydrogen-bond donors (Lipinski definition) is 0. The molecule has 0 unspecified atom stereocenters. The second-order valence-corrected chi connectivity index (χ2v) is 10.2. The molecule has 204 valence electrons. The lowest BCUT2D eigenvalue weighted by atomic mass is 9.98. The van der Waals surface area contributed by atoms with Crippen LogP contribution < -0.4 is 4.90 Å². The summed E-state index contributed by atoms with van der Waals surface area (Å²) >= 11 is 0. The predicted octanol–water partition coefficient (Wildman–Crippen LogP) is 6.60. The number of hydrogen-bond acceptors (Lipinski definition) is 5. The van der Waals surface area contributed by atoms with Crippen molar-refractivity contribution < 1.29 is 19.1 Å². The van der Waals surface area contributed by atoms with Crippen molar-refractivity contribution in [3.05, 3.63) is 119 Å². The Bertz CT molecular complexity index is 1800. The predicted molar refractivity (Wildman–Crippen MR) is 158 cm³/mol. The van der Waals surface area contributed by atoms with Gasteiger partial charge in [0.15, 0.2) is 0 Å². The number of amides is 2. The van der Waals surface area contributed by atoms with Gasteiger partial charge in [-0.05, 0) is 65.9 Å². The Morgan fingerprint density at radius 1 is 0.854 bits per heavy atom. The summed E-state index contributed by atoms with van der Waals surface area (Å²) in [5.41, 5.74) is 7.33. The number of esters is 1. The van der Waals surface area contributed by atoms with Gasteiger partial charge in [-0.1, -0.05) is 61.5 Å². The van der Waals surface area contributed by atoms with Crippen LogP contribution in [0.5, 0.6) is 0 Å². The molecule has 41 heavy (non-hydrogen) atoms. The van der Waals surface area contributed by atoms with Crippen LogP contribution in [-0.4, -0.2) is 34.4 Å². The number of methoxy groups -OCH3 is 1. The number of aromatic nitrogens is 2. The lowest BCUT2D eigenvalue weighted by Gasteiger charge is -2.16. The highest BCUT2D eigenvalue weighted by atomic mass is 16.5. The number of carbonyl (C=O) groups excluding carboxylic acids is 3. The summed E-state index contributed by atoms with van der Waals surface area (Å²) in [4.78, 5) is 45.0. The molecule has 0 radical (unpaired) electrons. The number of anilines is 1. The molecular weight excluding hydrogens is 514 g/mol. The molecule has 0 atom stereocenters. The minimum Gasteiger partial charge on any atom is -0.465 e. The summed E-state index contributed by atoms with van der Waals surface area (Å²) in [6, 6.07) is 26.2. The molecule has 0 spiro atoms. The molecule has 0 saturated carbocycles. The van der Waals surface area contributed by atoms with Crippen molar-refractivity contribution in [2.45, 2.75) is 33.2 Å². The first kappa shape index (κ1) is 26.2. The van der Waals surface area contributed by atoms with E-state index in [0.29, 0.717) is 28.9 Å². The molecule has 1 aromatic heterocycles. The average Bonchev–Trinajstić information content (AvgIpc) is 3.47. The maximum atomic E-state index is 13.2. The molecule has 7 nitrogen and oxygen atoms in total. The number of imidazole rings is 1. The van der Waals surface area contributed by atoms with Crippen LogP contribution in [-0.2, 0) is 17.7 Å². The van der Waals surface area contributed by atoms with Gasteiger partial charge in [0.2, 0.25) is 0 Å². The molecular formula is C34H29N3O4. The van der Waals surface area contributed by atoms with E-state index in [0.717, 1.165) is 52.0 Å². The fraction of sp³-hybridized carbons (Fsp3) is 0.176. The zero-order chi connectivity index (χ0) is 28.7. The Morgan fingerprint density at radius 3 is 2.12 bits per heavy atom. The first-order valence-electron chi connectivity index (χ1n) is 13.7. The van der Waals surface area contributed by atoms with E-state index < -0.39 is 0 Å². The van der Waals surface area contributed by atoms with Crippen LogP contribution >= 0.6 is 0 Å². The van der Waals surface area contributed by atoms with Gasteiger partial charge in [0.1, 0.15) is 5.82 Å². The van der Waals surface area contributed by atoms with E-state index in [4.69, 9.17) is 9.72 Å². The maximum Gasteiger partial charge on any atom is 0.338 e. The van der Waals surface area contributed by atoms with Gasteiger partial charge < -0.3 is 9.30 Å². The highest BCUT2D eigenvalue weighted by Crippen LogP contribution is 2.33. The zero-order valence-corrected chi connectivity index (χ0v) is 23.2. The van der Waals surface area contributed by atoms with Crippen molar-refractivity contribution in [1.82, 2.24) is 9.55 Å². The molecule has 1 aliphatic heterocycles. The van der Waals surface area contributed by atoms with Gasteiger partial charge in [0, 0.05) is 13.0 Å². The van der Waals surface area contributed by atoms with Crippen molar-refractivity contribution >= 4 is 34.5 Å². The van der Waals surface area contributed by atoms with E-state index in [-0.39, 0.29) is 17.8 Å². The van der Waals surface area contributed by atoms with Crippen molar-refractivity contribution in [3.63, 3.8) is 0 Å². The van der Waals surface area contributed by atoms with Gasteiger partial charge in [-0.15, -0.1) is 0 Å². The number of rotatable bonds is 7. The molecule has 0 aliphatic carbocycles. The molecule has 7 heteroatoms. The monoisotopic (exact) mass is 543 g/mol. The van der Waals surface area contributed by atoms with Crippen molar-refractivity contribution in [2.75, 3.05) is 12.0 Å². The minimum absolute atomic E-state index is 0.313. The maximum absolute atomic E-state index is 13.2. The number of aryl methyl sites for hydroxylation is 2. The Balaban J connectivity index is 1.39. The van der Waals surface area contributed by atoms with E-state index in [1.807, 2.05) is 61.5 Å². The minimum atomic E-state index is -0.372. The average molecular weight is 544 g/mol. The Kier molecular flexibility index (Phi) is 6.71. The van der Waals surface area contributed by atoms with Gasteiger partial charge in [-0.3, -0.25) is 9.59 Å². The first-order valence-corrected chi connectivity index (χ1v) is 13.7. The fourth-order valence-electron chi connectivity index (χ4n) is 5.56. The number of benzene rings is 4. The second-order valence-electron chi connectivity index (χ2n) is 10.2. The van der Waals surface area contributed by atoms with Crippen LogP contribution in [0.15, 0.2) is 84.9 Å². The Hall–Kier alpha value is -5.04. The number of fused-ring (bicyclic) bond motifs is 2. The molecule has 0 N–H and O–H groups in total. The number of imide groups is 1. The SMILES string of the molecule is CCCc1nc2c(C)cc(N3C(=O)c4ccccc4C3=O)cc2n1Cc1ccc(-c2ccccc2C(=O)OC)cc1. The standard InChI is InChI=1S/C34H29N3O4/c1-4-9-30-35-31-21(2)18-24(37-32(38)26-11-6-7-12-27(26)33(37)39)19-29(31)36(30)20-22-14-16-23(17-15-22)25-10-5-8-13-28(25)34(40)41-3/h5-8,10-19H,4,9,20H2,1-3H3. The number of carbonyl (C=O) groups is 3. The third-order valence-corrected chi connectivity index (χ3v) is 7.57. The van der Waals surface area contributed by atoms with Gasteiger partial charge in [-0.2, -0.15) is 0 Å². The Morgan fingerprint density at radius 2 is 1.49 bits per heavy atom. The third kappa shape index (κ3) is 4.49. The molecule has 4 aromatic carbocycles. The van der Waals surface area contributed by atoms with Gasteiger partial charge >= 0.3 is 5.97 Å². The van der Waals surface area contributed by atoms with Crippen LogP contribution in [0, 0.1) is 6.92 Å². The molecule has 5 aromatic rings. The summed E-state index contributed by atoms with van der Waals surface area (Å²) in [5.74, 6) is -0.0488. The summed E-state index contributed by atoms with van der Waals surface area (Å²) in [7, 11) is 1.38. The van der Waals surface area contributed by atoms with E-state index in [1.165, 1.54) is 12.0 Å². The summed E-state index contributed by atoms with van der Waals surface area (Å²) in [6.45, 7) is 4.65. The number of nitrogens with zero attached hydrogens (tertiary/aromatic N) is 3. The smallest absolute Gasteiger partial charge is 0.338 e. The van der Waals surface area contributed by atoms with E-state index in [9.17, 15) is 14.4 Å². The molecule has 0 saturated heterocycles. The fourth-order valence-corrected chi connectivity index (χ4v) is 5.56. The molecule has 2 amide bonds. The van der Waals surface area contributed by atoms with Crippen molar-refractivity contribution in [1.29, 1.82) is 0 Å². The topological polar surface area (TPSA) is 81.5 Å². The lowest BCUT2D eigenvalue weighted by Crippen LogP contribution is -2.29. The van der Waals surface area contributed by atoms with Gasteiger partial charge in [0.05, 0.1) is 40.5 Å². The van der Waals surface area contributed by atoms with Crippen molar-refractivity contribution in [3.8, 4) is 11.1 Å². The highest BCUT2D eigenvalue weighted by molar-refractivity contribution is 6.34. The van der Waals surface area contributed by atoms with E-state index in [1.54, 1.807) is 30.3 Å². The molecule has 6 rings (SSSR count).